The van der Waals surface area contributed by atoms with Crippen LogP contribution in [-0.2, 0) is 10.0 Å². The fraction of sp³-hybridized carbons (Fsp3) is 0.571. The second-order valence-corrected chi connectivity index (χ2v) is 7.00. The van der Waals surface area contributed by atoms with Crippen LogP contribution in [0.3, 0.4) is 0 Å². The molecule has 1 aromatic carbocycles. The summed E-state index contributed by atoms with van der Waals surface area (Å²) in [7, 11) is -3.83. The molecule has 0 saturated heterocycles. The Morgan fingerprint density at radius 3 is 2.18 bits per heavy atom. The van der Waals surface area contributed by atoms with Gasteiger partial charge in [-0.3, -0.25) is 10.1 Å². The fourth-order valence-electron chi connectivity index (χ4n) is 2.02. The number of nitrogen functional groups attached to an aromatic ring is 1. The number of nitro benzene ring substituents is 1. The summed E-state index contributed by atoms with van der Waals surface area (Å²) >= 11 is 0. The molecule has 0 bridgehead atoms. The Balaban J connectivity index is 3.22. The molecule has 1 aromatic rings. The van der Waals surface area contributed by atoms with Gasteiger partial charge >= 0.3 is 0 Å². The fourth-order valence-corrected chi connectivity index (χ4v) is 3.67. The predicted octanol–water partition coefficient (Wildman–Crippen LogP) is 2.77. The SMILES string of the molecule is CCCCN(CCCC)S(=O)(=O)c1cc([N+](=O)[O-])ccc1N. The Bertz CT molecular complexity index is 609. The molecule has 0 unspecified atom stereocenters. The maximum absolute atomic E-state index is 12.8. The molecule has 0 aliphatic rings. The molecular formula is C14H23N3O4S. The second-order valence-electron chi connectivity index (χ2n) is 5.09. The zero-order valence-corrected chi connectivity index (χ0v) is 13.8. The topological polar surface area (TPSA) is 107 Å². The average molecular weight is 329 g/mol. The lowest BCUT2D eigenvalue weighted by molar-refractivity contribution is -0.385. The Morgan fingerprint density at radius 1 is 1.18 bits per heavy atom. The number of nitro groups is 1. The van der Waals surface area contributed by atoms with Gasteiger partial charge in [-0.15, -0.1) is 0 Å². The summed E-state index contributed by atoms with van der Waals surface area (Å²) in [4.78, 5) is 10.1. The third-order valence-corrected chi connectivity index (χ3v) is 5.30. The first-order valence-electron chi connectivity index (χ1n) is 7.38. The van der Waals surface area contributed by atoms with Crippen LogP contribution in [0.15, 0.2) is 23.1 Å². The van der Waals surface area contributed by atoms with Crippen molar-refractivity contribution < 1.29 is 13.3 Å². The second kappa shape index (κ2) is 8.09. The van der Waals surface area contributed by atoms with E-state index in [2.05, 4.69) is 0 Å². The minimum atomic E-state index is -3.83. The van der Waals surface area contributed by atoms with Crippen molar-refractivity contribution in [3.8, 4) is 0 Å². The summed E-state index contributed by atoms with van der Waals surface area (Å²) in [6, 6.07) is 3.51. The Labute approximate surface area is 131 Å². The summed E-state index contributed by atoms with van der Waals surface area (Å²) in [5.74, 6) is 0. The molecule has 0 amide bonds. The summed E-state index contributed by atoms with van der Waals surface area (Å²) < 4.78 is 26.9. The smallest absolute Gasteiger partial charge is 0.270 e. The highest BCUT2D eigenvalue weighted by atomic mass is 32.2. The highest BCUT2D eigenvalue weighted by molar-refractivity contribution is 7.89. The first-order chi connectivity index (χ1) is 10.3. The first kappa shape index (κ1) is 18.4. The van der Waals surface area contributed by atoms with E-state index >= 15 is 0 Å². The van der Waals surface area contributed by atoms with E-state index in [1.165, 1.54) is 16.4 Å². The van der Waals surface area contributed by atoms with Crippen LogP contribution >= 0.6 is 0 Å². The van der Waals surface area contributed by atoms with E-state index in [0.717, 1.165) is 31.7 Å². The Morgan fingerprint density at radius 2 is 1.73 bits per heavy atom. The molecule has 0 fully saturated rings. The summed E-state index contributed by atoms with van der Waals surface area (Å²) in [6.07, 6.45) is 3.20. The lowest BCUT2D eigenvalue weighted by Crippen LogP contribution is -2.33. The van der Waals surface area contributed by atoms with Crippen LogP contribution in [0.4, 0.5) is 11.4 Å². The van der Waals surface area contributed by atoms with Gasteiger partial charge in [0.25, 0.3) is 5.69 Å². The van der Waals surface area contributed by atoms with Gasteiger partial charge in [-0.2, -0.15) is 4.31 Å². The van der Waals surface area contributed by atoms with Gasteiger partial charge in [-0.25, -0.2) is 8.42 Å². The first-order valence-corrected chi connectivity index (χ1v) is 8.82. The largest absolute Gasteiger partial charge is 0.398 e. The van der Waals surface area contributed by atoms with Crippen molar-refractivity contribution in [1.29, 1.82) is 0 Å². The molecule has 0 aliphatic carbocycles. The van der Waals surface area contributed by atoms with Crippen LogP contribution in [-0.4, -0.2) is 30.7 Å². The minimum absolute atomic E-state index is 0.0311. The molecule has 124 valence electrons. The molecule has 1 rings (SSSR count). The Kier molecular flexibility index (Phi) is 6.76. The average Bonchev–Trinajstić information content (AvgIpc) is 2.47. The van der Waals surface area contributed by atoms with Crippen LogP contribution in [0, 0.1) is 10.1 Å². The molecule has 0 spiro atoms. The van der Waals surface area contributed by atoms with E-state index in [1.807, 2.05) is 13.8 Å². The van der Waals surface area contributed by atoms with Crippen LogP contribution in [0.2, 0.25) is 0 Å². The van der Waals surface area contributed by atoms with Gasteiger partial charge in [0.15, 0.2) is 0 Å². The van der Waals surface area contributed by atoms with Crippen molar-refractivity contribution in [2.75, 3.05) is 18.8 Å². The van der Waals surface area contributed by atoms with Crippen LogP contribution in [0.25, 0.3) is 0 Å². The number of non-ortho nitro benzene ring substituents is 1. The molecule has 0 radical (unpaired) electrons. The van der Waals surface area contributed by atoms with Gasteiger partial charge in [0, 0.05) is 25.2 Å². The number of nitrogens with zero attached hydrogens (tertiary/aromatic N) is 2. The quantitative estimate of drug-likeness (QED) is 0.426. The van der Waals surface area contributed by atoms with E-state index in [9.17, 15) is 18.5 Å². The lowest BCUT2D eigenvalue weighted by atomic mass is 10.3. The number of unbranched alkanes of at least 4 members (excludes halogenated alkanes) is 2. The third-order valence-electron chi connectivity index (χ3n) is 3.35. The van der Waals surface area contributed by atoms with Crippen molar-refractivity contribution in [3.05, 3.63) is 28.3 Å². The van der Waals surface area contributed by atoms with Gasteiger partial charge in [0.2, 0.25) is 10.0 Å². The summed E-state index contributed by atoms with van der Waals surface area (Å²) in [5.41, 5.74) is 5.49. The van der Waals surface area contributed by atoms with Gasteiger partial charge in [0.1, 0.15) is 4.90 Å². The van der Waals surface area contributed by atoms with Gasteiger partial charge in [-0.05, 0) is 18.9 Å². The molecule has 7 nitrogen and oxygen atoms in total. The number of benzene rings is 1. The van der Waals surface area contributed by atoms with Crippen molar-refractivity contribution in [2.24, 2.45) is 0 Å². The number of anilines is 1. The molecule has 0 aromatic heterocycles. The molecule has 0 aliphatic heterocycles. The number of nitrogens with two attached hydrogens (primary N) is 1. The van der Waals surface area contributed by atoms with Crippen LogP contribution in [0.5, 0.6) is 0 Å². The van der Waals surface area contributed by atoms with Crippen LogP contribution in [0.1, 0.15) is 39.5 Å². The Hall–Kier alpha value is -1.67. The highest BCUT2D eigenvalue weighted by Gasteiger charge is 2.27. The van der Waals surface area contributed by atoms with Crippen LogP contribution < -0.4 is 5.73 Å². The number of hydrogen-bond donors (Lipinski definition) is 1. The van der Waals surface area contributed by atoms with Gasteiger partial charge in [-0.1, -0.05) is 26.7 Å². The molecule has 22 heavy (non-hydrogen) atoms. The van der Waals surface area contributed by atoms with E-state index < -0.39 is 14.9 Å². The minimum Gasteiger partial charge on any atom is -0.398 e. The summed E-state index contributed by atoms with van der Waals surface area (Å²) in [5, 5.41) is 10.9. The van der Waals surface area contributed by atoms with E-state index in [4.69, 9.17) is 5.73 Å². The van der Waals surface area contributed by atoms with E-state index in [0.29, 0.717) is 13.1 Å². The van der Waals surface area contributed by atoms with Crippen molar-refractivity contribution in [1.82, 2.24) is 4.31 Å². The molecule has 0 saturated carbocycles. The molecule has 2 N–H and O–H groups in total. The summed E-state index contributed by atoms with van der Waals surface area (Å²) in [6.45, 7) is 4.74. The van der Waals surface area contributed by atoms with Crippen molar-refractivity contribution >= 4 is 21.4 Å². The van der Waals surface area contributed by atoms with Gasteiger partial charge in [0.05, 0.1) is 10.6 Å². The maximum atomic E-state index is 12.8. The van der Waals surface area contributed by atoms with E-state index in [1.54, 1.807) is 0 Å². The molecule has 8 heteroatoms. The molecule has 0 atom stereocenters. The number of rotatable bonds is 9. The number of sulfonamides is 1. The molecular weight excluding hydrogens is 306 g/mol. The maximum Gasteiger partial charge on any atom is 0.270 e. The highest BCUT2D eigenvalue weighted by Crippen LogP contribution is 2.27. The zero-order valence-electron chi connectivity index (χ0n) is 13.0. The van der Waals surface area contributed by atoms with Crippen molar-refractivity contribution in [2.45, 2.75) is 44.4 Å². The third kappa shape index (κ3) is 4.41. The standard InChI is InChI=1S/C14H23N3O4S/c1-3-5-9-16(10-6-4-2)22(20,21)14-11-12(17(18)19)7-8-13(14)15/h7-8,11H,3-6,9-10,15H2,1-2H3. The van der Waals surface area contributed by atoms with E-state index in [-0.39, 0.29) is 16.3 Å². The zero-order chi connectivity index (χ0) is 16.8. The molecule has 0 heterocycles. The normalized spacial score (nSPS) is 11.8. The van der Waals surface area contributed by atoms with Gasteiger partial charge < -0.3 is 5.73 Å². The predicted molar refractivity (Wildman–Crippen MR) is 86.1 cm³/mol. The lowest BCUT2D eigenvalue weighted by Gasteiger charge is -2.22. The van der Waals surface area contributed by atoms with Crippen molar-refractivity contribution in [3.63, 3.8) is 0 Å². The number of hydrogen-bond acceptors (Lipinski definition) is 5. The monoisotopic (exact) mass is 329 g/mol.